The Morgan fingerprint density at radius 2 is 2.05 bits per heavy atom. The first-order valence-electron chi connectivity index (χ1n) is 6.88. The first-order valence-corrected chi connectivity index (χ1v) is 7.32. The van der Waals surface area contributed by atoms with Crippen LogP contribution < -0.4 is 5.32 Å². The molecular weight excluding hydrogens is 286 g/mol. The van der Waals surface area contributed by atoms with Gasteiger partial charge in [0.05, 0.1) is 11.4 Å². The largest absolute Gasteiger partial charge is 0.508 e. The van der Waals surface area contributed by atoms with Crippen LogP contribution in [-0.2, 0) is 6.42 Å². The van der Waals surface area contributed by atoms with Gasteiger partial charge in [-0.05, 0) is 42.2 Å². The lowest BCUT2D eigenvalue weighted by Gasteiger charge is -2.17. The van der Waals surface area contributed by atoms with Gasteiger partial charge in [0, 0.05) is 5.56 Å². The van der Waals surface area contributed by atoms with Crippen molar-refractivity contribution in [3.8, 4) is 5.75 Å². The normalized spacial score (nSPS) is 20.1. The molecule has 0 bridgehead atoms. The highest BCUT2D eigenvalue weighted by atomic mass is 35.5. The van der Waals surface area contributed by atoms with Gasteiger partial charge < -0.3 is 10.4 Å². The summed E-state index contributed by atoms with van der Waals surface area (Å²) < 4.78 is 0. The number of nitrogens with one attached hydrogen (secondary N) is 1. The lowest BCUT2D eigenvalue weighted by atomic mass is 10.1. The second-order valence-corrected chi connectivity index (χ2v) is 5.93. The van der Waals surface area contributed by atoms with Crippen LogP contribution in [0.4, 0.5) is 0 Å². The summed E-state index contributed by atoms with van der Waals surface area (Å²) in [6.45, 7) is 1.79. The molecular formula is C17H16ClNO2. The Hall–Kier alpha value is -2.00. The average molecular weight is 302 g/mol. The van der Waals surface area contributed by atoms with E-state index in [-0.39, 0.29) is 23.1 Å². The number of amides is 1. The summed E-state index contributed by atoms with van der Waals surface area (Å²) in [6, 6.07) is 12.7. The SMILES string of the molecule is Cc1ccc(C(=O)NC2c3ccccc3CC2Cl)cc1O. The van der Waals surface area contributed by atoms with Crippen LogP contribution in [0.2, 0.25) is 0 Å². The van der Waals surface area contributed by atoms with Crippen molar-refractivity contribution in [3.63, 3.8) is 0 Å². The number of aryl methyl sites for hydroxylation is 1. The molecule has 0 heterocycles. The van der Waals surface area contributed by atoms with Gasteiger partial charge in [0.2, 0.25) is 0 Å². The predicted octanol–water partition coefficient (Wildman–Crippen LogP) is 3.34. The van der Waals surface area contributed by atoms with Gasteiger partial charge in [0.25, 0.3) is 5.91 Å². The summed E-state index contributed by atoms with van der Waals surface area (Å²) in [4.78, 5) is 12.3. The minimum Gasteiger partial charge on any atom is -0.508 e. The molecule has 3 nitrogen and oxygen atoms in total. The smallest absolute Gasteiger partial charge is 0.251 e. The minimum atomic E-state index is -0.224. The Balaban J connectivity index is 1.83. The van der Waals surface area contributed by atoms with Crippen molar-refractivity contribution in [2.24, 2.45) is 0 Å². The molecule has 4 heteroatoms. The minimum absolute atomic E-state index is 0.122. The molecule has 0 spiro atoms. The molecule has 0 aromatic heterocycles. The Kier molecular flexibility index (Phi) is 3.60. The molecule has 2 aromatic carbocycles. The van der Waals surface area contributed by atoms with E-state index in [9.17, 15) is 9.90 Å². The van der Waals surface area contributed by atoms with Crippen LogP contribution in [0.5, 0.6) is 5.75 Å². The molecule has 1 aliphatic carbocycles. The van der Waals surface area contributed by atoms with Crippen LogP contribution in [0.3, 0.4) is 0 Å². The molecule has 1 amide bonds. The lowest BCUT2D eigenvalue weighted by molar-refractivity contribution is 0.0937. The van der Waals surface area contributed by atoms with Gasteiger partial charge in [-0.15, -0.1) is 11.6 Å². The van der Waals surface area contributed by atoms with Crippen LogP contribution in [0, 0.1) is 6.92 Å². The molecule has 1 aliphatic rings. The van der Waals surface area contributed by atoms with Crippen molar-refractivity contribution in [1.29, 1.82) is 0 Å². The van der Waals surface area contributed by atoms with Crippen molar-refractivity contribution >= 4 is 17.5 Å². The number of carbonyl (C=O) groups excluding carboxylic acids is 1. The Morgan fingerprint density at radius 3 is 2.81 bits per heavy atom. The fraction of sp³-hybridized carbons (Fsp3) is 0.235. The topological polar surface area (TPSA) is 49.3 Å². The Labute approximate surface area is 128 Å². The number of aromatic hydroxyl groups is 1. The molecule has 0 fully saturated rings. The number of carbonyl (C=O) groups is 1. The van der Waals surface area contributed by atoms with E-state index in [1.807, 2.05) is 24.3 Å². The molecule has 21 heavy (non-hydrogen) atoms. The molecule has 108 valence electrons. The van der Waals surface area contributed by atoms with Gasteiger partial charge in [-0.3, -0.25) is 4.79 Å². The van der Waals surface area contributed by atoms with Crippen LogP contribution in [-0.4, -0.2) is 16.4 Å². The number of phenols is 1. The first kappa shape index (κ1) is 14.0. The third-order valence-electron chi connectivity index (χ3n) is 3.92. The van der Waals surface area contributed by atoms with E-state index in [1.54, 1.807) is 19.1 Å². The van der Waals surface area contributed by atoms with Gasteiger partial charge in [0.1, 0.15) is 5.75 Å². The maximum absolute atomic E-state index is 12.3. The number of phenolic OH excluding ortho intramolecular Hbond substituents is 1. The number of rotatable bonds is 2. The van der Waals surface area contributed by atoms with Crippen molar-refractivity contribution in [3.05, 3.63) is 64.7 Å². The molecule has 0 aliphatic heterocycles. The number of benzene rings is 2. The summed E-state index contributed by atoms with van der Waals surface area (Å²) >= 11 is 6.37. The molecule has 0 saturated carbocycles. The standard InChI is InChI=1S/C17H16ClNO2/c1-10-6-7-12(9-15(10)20)17(21)19-16-13-5-3-2-4-11(13)8-14(16)18/h2-7,9,14,16,20H,8H2,1H3,(H,19,21). The Bertz CT molecular complexity index is 699. The molecule has 3 rings (SSSR count). The zero-order chi connectivity index (χ0) is 15.0. The Morgan fingerprint density at radius 1 is 1.29 bits per heavy atom. The van der Waals surface area contributed by atoms with E-state index in [4.69, 9.17) is 11.6 Å². The fourth-order valence-corrected chi connectivity index (χ4v) is 3.05. The summed E-state index contributed by atoms with van der Waals surface area (Å²) in [7, 11) is 0. The monoisotopic (exact) mass is 301 g/mol. The van der Waals surface area contributed by atoms with E-state index in [2.05, 4.69) is 5.32 Å². The highest BCUT2D eigenvalue weighted by Crippen LogP contribution is 2.34. The third kappa shape index (κ3) is 2.61. The van der Waals surface area contributed by atoms with E-state index in [0.29, 0.717) is 5.56 Å². The van der Waals surface area contributed by atoms with Crippen molar-refractivity contribution in [2.75, 3.05) is 0 Å². The van der Waals surface area contributed by atoms with Gasteiger partial charge in [0.15, 0.2) is 0 Å². The van der Waals surface area contributed by atoms with E-state index >= 15 is 0 Å². The summed E-state index contributed by atoms with van der Waals surface area (Å²) in [6.07, 6.45) is 0.752. The number of hydrogen-bond acceptors (Lipinski definition) is 2. The lowest BCUT2D eigenvalue weighted by Crippen LogP contribution is -2.31. The highest BCUT2D eigenvalue weighted by Gasteiger charge is 2.32. The third-order valence-corrected chi connectivity index (χ3v) is 4.33. The van der Waals surface area contributed by atoms with Gasteiger partial charge in [-0.2, -0.15) is 0 Å². The van der Waals surface area contributed by atoms with E-state index in [1.165, 1.54) is 11.6 Å². The zero-order valence-electron chi connectivity index (χ0n) is 11.6. The van der Waals surface area contributed by atoms with Crippen LogP contribution in [0.25, 0.3) is 0 Å². The molecule has 2 N–H and O–H groups in total. The van der Waals surface area contributed by atoms with Crippen molar-refractivity contribution in [2.45, 2.75) is 24.8 Å². The molecule has 2 atom stereocenters. The first-order chi connectivity index (χ1) is 10.1. The van der Waals surface area contributed by atoms with E-state index < -0.39 is 0 Å². The van der Waals surface area contributed by atoms with Gasteiger partial charge in [-0.25, -0.2) is 0 Å². The highest BCUT2D eigenvalue weighted by molar-refractivity contribution is 6.21. The van der Waals surface area contributed by atoms with Crippen LogP contribution in [0.15, 0.2) is 42.5 Å². The van der Waals surface area contributed by atoms with Gasteiger partial charge >= 0.3 is 0 Å². The molecule has 2 aromatic rings. The zero-order valence-corrected chi connectivity index (χ0v) is 12.4. The van der Waals surface area contributed by atoms with Crippen molar-refractivity contribution in [1.82, 2.24) is 5.32 Å². The van der Waals surface area contributed by atoms with Crippen LogP contribution >= 0.6 is 11.6 Å². The number of halogens is 1. The maximum Gasteiger partial charge on any atom is 0.251 e. The molecule has 0 radical (unpaired) electrons. The summed E-state index contributed by atoms with van der Waals surface area (Å²) in [5.74, 6) is -0.102. The van der Waals surface area contributed by atoms with E-state index in [0.717, 1.165) is 17.5 Å². The molecule has 2 unspecified atom stereocenters. The summed E-state index contributed by atoms with van der Waals surface area (Å²) in [5, 5.41) is 12.5. The van der Waals surface area contributed by atoms with Gasteiger partial charge in [-0.1, -0.05) is 30.3 Å². The quantitative estimate of drug-likeness (QED) is 0.836. The number of alkyl halides is 1. The average Bonchev–Trinajstić information content (AvgIpc) is 2.78. The van der Waals surface area contributed by atoms with Crippen molar-refractivity contribution < 1.29 is 9.90 Å². The fourth-order valence-electron chi connectivity index (χ4n) is 2.69. The number of hydrogen-bond donors (Lipinski definition) is 2. The molecule has 0 saturated heterocycles. The number of fused-ring (bicyclic) bond motifs is 1. The maximum atomic E-state index is 12.3. The second kappa shape index (κ2) is 5.41. The predicted molar refractivity (Wildman–Crippen MR) is 82.8 cm³/mol. The second-order valence-electron chi connectivity index (χ2n) is 5.37. The van der Waals surface area contributed by atoms with Crippen LogP contribution in [0.1, 0.15) is 33.1 Å². The summed E-state index contributed by atoms with van der Waals surface area (Å²) in [5.41, 5.74) is 3.43.